The third-order valence-electron chi connectivity index (χ3n) is 2.81. The molecule has 0 atom stereocenters. The van der Waals surface area contributed by atoms with Gasteiger partial charge in [0.05, 0.1) is 17.9 Å². The number of anilines is 2. The number of para-hydroxylation sites is 1. The quantitative estimate of drug-likeness (QED) is 0.640. The van der Waals surface area contributed by atoms with Crippen molar-refractivity contribution in [2.24, 2.45) is 0 Å². The van der Waals surface area contributed by atoms with Crippen LogP contribution in [0.3, 0.4) is 0 Å². The summed E-state index contributed by atoms with van der Waals surface area (Å²) in [6, 6.07) is 16.1. The Kier molecular flexibility index (Phi) is 4.87. The molecule has 1 amide bonds. The van der Waals surface area contributed by atoms with Crippen molar-refractivity contribution in [2.75, 3.05) is 10.4 Å². The summed E-state index contributed by atoms with van der Waals surface area (Å²) in [5.74, 6) is 0. The Labute approximate surface area is 136 Å². The number of rotatable bonds is 3. The van der Waals surface area contributed by atoms with Gasteiger partial charge in [0.25, 0.3) is 0 Å². The predicted molar refractivity (Wildman–Crippen MR) is 91.5 cm³/mol. The second-order valence-electron chi connectivity index (χ2n) is 5.93. The van der Waals surface area contributed by atoms with E-state index in [0.29, 0.717) is 11.4 Å². The summed E-state index contributed by atoms with van der Waals surface area (Å²) in [7, 11) is 0. The van der Waals surface area contributed by atoms with Crippen molar-refractivity contribution in [1.29, 1.82) is 0 Å². The second-order valence-corrected chi connectivity index (χ2v) is 5.93. The van der Waals surface area contributed by atoms with Crippen molar-refractivity contribution >= 4 is 23.2 Å². The molecule has 0 aromatic heterocycles. The third kappa shape index (κ3) is 4.75. The summed E-state index contributed by atoms with van der Waals surface area (Å²) < 4.78 is 5.45. The van der Waals surface area contributed by atoms with Gasteiger partial charge in [-0.1, -0.05) is 30.3 Å². The molecule has 0 saturated carbocycles. The van der Waals surface area contributed by atoms with E-state index in [-0.39, 0.29) is 0 Å². The molecule has 0 radical (unpaired) electrons. The van der Waals surface area contributed by atoms with Crippen LogP contribution in [0.2, 0.25) is 0 Å². The van der Waals surface area contributed by atoms with Gasteiger partial charge in [-0.25, -0.2) is 9.64 Å². The van der Waals surface area contributed by atoms with E-state index >= 15 is 0 Å². The van der Waals surface area contributed by atoms with Crippen molar-refractivity contribution in [3.63, 3.8) is 0 Å². The largest absolute Gasteiger partial charge is 0.442 e. The van der Waals surface area contributed by atoms with Crippen molar-refractivity contribution in [2.45, 2.75) is 26.4 Å². The van der Waals surface area contributed by atoms with Crippen molar-refractivity contribution in [1.82, 2.24) is 0 Å². The van der Waals surface area contributed by atoms with Gasteiger partial charge in [0.1, 0.15) is 5.60 Å². The first-order valence-electron chi connectivity index (χ1n) is 7.21. The van der Waals surface area contributed by atoms with E-state index in [0.717, 1.165) is 5.69 Å². The van der Waals surface area contributed by atoms with Crippen LogP contribution in [0, 0.1) is 6.57 Å². The average Bonchev–Trinajstić information content (AvgIpc) is 2.52. The molecule has 118 valence electrons. The zero-order chi connectivity index (χ0) is 16.9. The number of nitrogens with zero attached hydrogens (tertiary/aromatic N) is 2. The zero-order valence-electron chi connectivity index (χ0n) is 13.4. The Balaban J connectivity index is 2.34. The third-order valence-corrected chi connectivity index (χ3v) is 2.81. The molecular formula is C18H19N3O2. The van der Waals surface area contributed by atoms with Crippen molar-refractivity contribution in [3.05, 3.63) is 66.0 Å². The number of ether oxygens (including phenoxy) is 1. The van der Waals surface area contributed by atoms with Crippen LogP contribution in [-0.2, 0) is 4.74 Å². The van der Waals surface area contributed by atoms with Gasteiger partial charge in [0.15, 0.2) is 5.69 Å². The van der Waals surface area contributed by atoms with Crippen molar-refractivity contribution in [3.8, 4) is 0 Å². The first-order valence-corrected chi connectivity index (χ1v) is 7.21. The van der Waals surface area contributed by atoms with Gasteiger partial charge in [-0.2, -0.15) is 5.01 Å². The Hall–Kier alpha value is -3.00. The minimum atomic E-state index is -0.620. The molecule has 0 spiro atoms. The van der Waals surface area contributed by atoms with Crippen LogP contribution in [-0.4, -0.2) is 11.7 Å². The molecule has 0 saturated heterocycles. The van der Waals surface area contributed by atoms with Crippen LogP contribution in [0.15, 0.2) is 54.6 Å². The van der Waals surface area contributed by atoms with Gasteiger partial charge >= 0.3 is 6.09 Å². The Morgan fingerprint density at radius 2 is 1.83 bits per heavy atom. The maximum Gasteiger partial charge on any atom is 0.433 e. The first-order chi connectivity index (χ1) is 10.9. The maximum absolute atomic E-state index is 12.5. The summed E-state index contributed by atoms with van der Waals surface area (Å²) in [5, 5.41) is 1.30. The van der Waals surface area contributed by atoms with Gasteiger partial charge in [-0.15, -0.1) is 0 Å². The average molecular weight is 309 g/mol. The summed E-state index contributed by atoms with van der Waals surface area (Å²) >= 11 is 0. The lowest BCUT2D eigenvalue weighted by atomic mass is 10.2. The number of hydrazine groups is 1. The molecule has 0 fully saturated rings. The number of hydrogen-bond donors (Lipinski definition) is 1. The summed E-state index contributed by atoms with van der Waals surface area (Å²) in [5.41, 5.74) is 4.14. The topological polar surface area (TPSA) is 45.9 Å². The normalized spacial score (nSPS) is 10.5. The second kappa shape index (κ2) is 6.84. The van der Waals surface area contributed by atoms with E-state index in [1.807, 2.05) is 30.3 Å². The molecule has 1 N–H and O–H groups in total. The standard InChI is InChI=1S/C18H19N3O2/c1-18(2,3)23-17(22)21(20-14-9-6-5-7-10-14)16-12-8-11-15(13-16)19-4/h5-13,20H,1-3H3. The highest BCUT2D eigenvalue weighted by molar-refractivity contribution is 5.90. The molecule has 0 bridgehead atoms. The molecule has 23 heavy (non-hydrogen) atoms. The van der Waals surface area contributed by atoms with Crippen LogP contribution >= 0.6 is 0 Å². The number of benzene rings is 2. The minimum Gasteiger partial charge on any atom is -0.442 e. The Morgan fingerprint density at radius 1 is 1.13 bits per heavy atom. The van der Waals surface area contributed by atoms with Gasteiger partial charge in [-0.3, -0.25) is 5.43 Å². The Bertz CT molecular complexity index is 715. The lowest BCUT2D eigenvalue weighted by molar-refractivity contribution is 0.0589. The summed E-state index contributed by atoms with van der Waals surface area (Å²) in [6.45, 7) is 12.5. The van der Waals surface area contributed by atoms with Crippen LogP contribution < -0.4 is 10.4 Å². The molecule has 5 heteroatoms. The molecule has 0 aliphatic rings. The molecule has 0 heterocycles. The number of hydrogen-bond acceptors (Lipinski definition) is 3. The monoisotopic (exact) mass is 309 g/mol. The smallest absolute Gasteiger partial charge is 0.433 e. The fourth-order valence-electron chi connectivity index (χ4n) is 1.87. The van der Waals surface area contributed by atoms with Crippen LogP contribution in [0.1, 0.15) is 20.8 Å². The van der Waals surface area contributed by atoms with Gasteiger partial charge < -0.3 is 4.74 Å². The van der Waals surface area contributed by atoms with E-state index < -0.39 is 11.7 Å². The number of nitrogens with one attached hydrogen (secondary N) is 1. The van der Waals surface area contributed by atoms with Crippen molar-refractivity contribution < 1.29 is 9.53 Å². The van der Waals surface area contributed by atoms with Crippen LogP contribution in [0.4, 0.5) is 21.9 Å². The van der Waals surface area contributed by atoms with E-state index in [1.54, 1.807) is 45.0 Å². The van der Waals surface area contributed by atoms with Gasteiger partial charge in [0, 0.05) is 0 Å². The highest BCUT2D eigenvalue weighted by atomic mass is 16.6. The van der Waals surface area contributed by atoms with Crippen LogP contribution in [0.5, 0.6) is 0 Å². The molecule has 0 aliphatic carbocycles. The van der Waals surface area contributed by atoms with Gasteiger partial charge in [0.2, 0.25) is 0 Å². The molecule has 2 rings (SSSR count). The van der Waals surface area contributed by atoms with E-state index in [4.69, 9.17) is 11.3 Å². The molecule has 5 nitrogen and oxygen atoms in total. The molecule has 2 aromatic carbocycles. The maximum atomic E-state index is 12.5. The molecule has 2 aromatic rings. The zero-order valence-corrected chi connectivity index (χ0v) is 13.4. The fraction of sp³-hybridized carbons (Fsp3) is 0.222. The SMILES string of the molecule is [C-]#[N+]c1cccc(N(Nc2ccccc2)C(=O)OC(C)(C)C)c1. The highest BCUT2D eigenvalue weighted by Gasteiger charge is 2.24. The van der Waals surface area contributed by atoms with E-state index in [1.165, 1.54) is 5.01 Å². The highest BCUT2D eigenvalue weighted by Crippen LogP contribution is 2.24. The van der Waals surface area contributed by atoms with Crippen LogP contribution in [0.25, 0.3) is 4.85 Å². The number of carbonyl (C=O) groups is 1. The number of amides is 1. The molecular weight excluding hydrogens is 290 g/mol. The number of carbonyl (C=O) groups excluding carboxylic acids is 1. The van der Waals surface area contributed by atoms with E-state index in [2.05, 4.69) is 10.3 Å². The molecule has 0 unspecified atom stereocenters. The van der Waals surface area contributed by atoms with E-state index in [9.17, 15) is 4.79 Å². The predicted octanol–water partition coefficient (Wildman–Crippen LogP) is 5.01. The first kappa shape index (κ1) is 16.4. The van der Waals surface area contributed by atoms with Gasteiger partial charge in [-0.05, 0) is 45.0 Å². The fourth-order valence-corrected chi connectivity index (χ4v) is 1.87. The lowest BCUT2D eigenvalue weighted by Gasteiger charge is -2.28. The molecule has 0 aliphatic heterocycles. The minimum absolute atomic E-state index is 0.450. The summed E-state index contributed by atoms with van der Waals surface area (Å²) in [4.78, 5) is 15.9. The summed E-state index contributed by atoms with van der Waals surface area (Å²) in [6.07, 6.45) is -0.538. The lowest BCUT2D eigenvalue weighted by Crippen LogP contribution is -2.40. The Morgan fingerprint density at radius 3 is 2.43 bits per heavy atom.